The summed E-state index contributed by atoms with van der Waals surface area (Å²) in [4.78, 5) is 0. The Morgan fingerprint density at radius 1 is 0.944 bits per heavy atom. The molecule has 0 atom stereocenters. The Hall–Kier alpha value is -2.17. The van der Waals surface area contributed by atoms with Gasteiger partial charge in [0, 0.05) is 17.8 Å². The Morgan fingerprint density at radius 2 is 1.56 bits per heavy atom. The fourth-order valence-electron chi connectivity index (χ4n) is 1.48. The minimum Gasteiger partial charge on any atom is -0.448 e. The number of benzene rings is 2. The second-order valence-electron chi connectivity index (χ2n) is 3.85. The lowest BCUT2D eigenvalue weighted by molar-refractivity contribution is 0.387. The maximum absolute atomic E-state index is 13.5. The van der Waals surface area contributed by atoms with Crippen molar-refractivity contribution >= 4 is 5.69 Å². The summed E-state index contributed by atoms with van der Waals surface area (Å²) < 4.78 is 45.3. The first-order valence-electron chi connectivity index (χ1n) is 5.16. The van der Waals surface area contributed by atoms with Gasteiger partial charge in [-0.2, -0.15) is 0 Å². The van der Waals surface area contributed by atoms with Gasteiger partial charge in [-0.05, 0) is 24.6 Å². The summed E-state index contributed by atoms with van der Waals surface area (Å²) in [5.74, 6) is -3.57. The minimum absolute atomic E-state index is 0.0675. The van der Waals surface area contributed by atoms with Crippen LogP contribution in [0.5, 0.6) is 11.5 Å². The highest BCUT2D eigenvalue weighted by molar-refractivity contribution is 5.45. The second kappa shape index (κ2) is 4.60. The fraction of sp³-hybridized carbons (Fsp3) is 0.0769. The lowest BCUT2D eigenvalue weighted by Crippen LogP contribution is -1.97. The SMILES string of the molecule is Cc1ccc(F)c(Oc2c(F)cc(N)cc2F)c1. The van der Waals surface area contributed by atoms with Gasteiger partial charge in [0.15, 0.2) is 29.0 Å². The molecule has 2 aromatic carbocycles. The number of nitrogens with two attached hydrogens (primary N) is 1. The number of nitrogen functional groups attached to an aromatic ring is 1. The van der Waals surface area contributed by atoms with E-state index in [1.807, 2.05) is 0 Å². The van der Waals surface area contributed by atoms with Gasteiger partial charge in [0.1, 0.15) is 0 Å². The molecule has 0 aliphatic heterocycles. The molecule has 2 N–H and O–H groups in total. The maximum Gasteiger partial charge on any atom is 0.198 e. The van der Waals surface area contributed by atoms with Crippen LogP contribution in [0.3, 0.4) is 0 Å². The van der Waals surface area contributed by atoms with E-state index in [0.717, 1.165) is 18.2 Å². The van der Waals surface area contributed by atoms with Crippen molar-refractivity contribution < 1.29 is 17.9 Å². The molecule has 18 heavy (non-hydrogen) atoms. The van der Waals surface area contributed by atoms with Gasteiger partial charge in [-0.15, -0.1) is 0 Å². The molecular weight excluding hydrogens is 243 g/mol. The summed E-state index contributed by atoms with van der Waals surface area (Å²) in [5.41, 5.74) is 5.91. The summed E-state index contributed by atoms with van der Waals surface area (Å²) in [7, 11) is 0. The van der Waals surface area contributed by atoms with Crippen molar-refractivity contribution in [2.45, 2.75) is 6.92 Å². The Labute approximate surface area is 102 Å². The van der Waals surface area contributed by atoms with Crippen LogP contribution < -0.4 is 10.5 Å². The number of hydrogen-bond acceptors (Lipinski definition) is 2. The van der Waals surface area contributed by atoms with E-state index in [1.165, 1.54) is 12.1 Å². The van der Waals surface area contributed by atoms with Gasteiger partial charge in [-0.25, -0.2) is 13.2 Å². The molecule has 0 radical (unpaired) electrons. The Morgan fingerprint density at radius 3 is 2.17 bits per heavy atom. The first kappa shape index (κ1) is 12.3. The van der Waals surface area contributed by atoms with Crippen LogP contribution >= 0.6 is 0 Å². The third-order valence-electron chi connectivity index (χ3n) is 2.32. The number of hydrogen-bond donors (Lipinski definition) is 1. The van der Waals surface area contributed by atoms with Crippen LogP contribution in [0.15, 0.2) is 30.3 Å². The van der Waals surface area contributed by atoms with Crippen molar-refractivity contribution in [2.75, 3.05) is 5.73 Å². The number of halogens is 3. The predicted molar refractivity (Wildman–Crippen MR) is 62.0 cm³/mol. The molecule has 0 saturated heterocycles. The van der Waals surface area contributed by atoms with E-state index in [2.05, 4.69) is 0 Å². The van der Waals surface area contributed by atoms with E-state index in [9.17, 15) is 13.2 Å². The lowest BCUT2D eigenvalue weighted by Gasteiger charge is -2.10. The number of rotatable bonds is 2. The van der Waals surface area contributed by atoms with Crippen LogP contribution in [0.4, 0.5) is 18.9 Å². The highest BCUT2D eigenvalue weighted by Crippen LogP contribution is 2.31. The van der Waals surface area contributed by atoms with Crippen molar-refractivity contribution in [3.05, 3.63) is 53.3 Å². The average Bonchev–Trinajstić information content (AvgIpc) is 2.28. The van der Waals surface area contributed by atoms with Gasteiger partial charge >= 0.3 is 0 Å². The van der Waals surface area contributed by atoms with Crippen LogP contribution in [0, 0.1) is 24.4 Å². The van der Waals surface area contributed by atoms with Gasteiger partial charge < -0.3 is 10.5 Å². The first-order chi connectivity index (χ1) is 8.47. The molecule has 0 bridgehead atoms. The second-order valence-corrected chi connectivity index (χ2v) is 3.85. The van der Waals surface area contributed by atoms with E-state index in [4.69, 9.17) is 10.5 Å². The molecule has 0 spiro atoms. The third kappa shape index (κ3) is 2.40. The third-order valence-corrected chi connectivity index (χ3v) is 2.32. The molecule has 2 nitrogen and oxygen atoms in total. The molecule has 0 amide bonds. The largest absolute Gasteiger partial charge is 0.448 e. The summed E-state index contributed by atoms with van der Waals surface area (Å²) in [6, 6.07) is 5.86. The molecule has 0 saturated carbocycles. The van der Waals surface area contributed by atoms with Crippen LogP contribution in [0.1, 0.15) is 5.56 Å². The van der Waals surface area contributed by atoms with Crippen molar-refractivity contribution in [1.82, 2.24) is 0 Å². The van der Waals surface area contributed by atoms with Crippen LogP contribution in [0.25, 0.3) is 0 Å². The lowest BCUT2D eigenvalue weighted by atomic mass is 10.2. The predicted octanol–water partition coefficient (Wildman–Crippen LogP) is 3.79. The van der Waals surface area contributed by atoms with Crippen molar-refractivity contribution in [2.24, 2.45) is 0 Å². The van der Waals surface area contributed by atoms with Gasteiger partial charge in [-0.1, -0.05) is 6.07 Å². The van der Waals surface area contributed by atoms with Gasteiger partial charge in [-0.3, -0.25) is 0 Å². The van der Waals surface area contributed by atoms with E-state index < -0.39 is 23.2 Å². The molecule has 94 valence electrons. The molecule has 0 aromatic heterocycles. The molecule has 2 rings (SSSR count). The minimum atomic E-state index is -0.978. The zero-order chi connectivity index (χ0) is 13.3. The Bertz CT molecular complexity index is 576. The summed E-state index contributed by atoms with van der Waals surface area (Å²) in [6.45, 7) is 1.71. The van der Waals surface area contributed by atoms with E-state index in [1.54, 1.807) is 6.92 Å². The molecule has 0 unspecified atom stereocenters. The van der Waals surface area contributed by atoms with Gasteiger partial charge in [0.2, 0.25) is 0 Å². The van der Waals surface area contributed by atoms with Crippen LogP contribution in [0.2, 0.25) is 0 Å². The molecule has 5 heteroatoms. The van der Waals surface area contributed by atoms with Crippen LogP contribution in [-0.2, 0) is 0 Å². The first-order valence-corrected chi connectivity index (χ1v) is 5.16. The normalized spacial score (nSPS) is 10.4. The zero-order valence-corrected chi connectivity index (χ0v) is 9.51. The average molecular weight is 253 g/mol. The zero-order valence-electron chi connectivity index (χ0n) is 9.51. The highest BCUT2D eigenvalue weighted by atomic mass is 19.1. The molecule has 0 aliphatic carbocycles. The van der Waals surface area contributed by atoms with Gasteiger partial charge in [0.05, 0.1) is 0 Å². The highest BCUT2D eigenvalue weighted by Gasteiger charge is 2.15. The summed E-state index contributed by atoms with van der Waals surface area (Å²) in [6.07, 6.45) is 0. The van der Waals surface area contributed by atoms with Gasteiger partial charge in [0.25, 0.3) is 0 Å². The fourth-order valence-corrected chi connectivity index (χ4v) is 1.48. The molecule has 0 fully saturated rings. The van der Waals surface area contributed by atoms with E-state index in [0.29, 0.717) is 5.56 Å². The van der Waals surface area contributed by atoms with Crippen molar-refractivity contribution in [3.8, 4) is 11.5 Å². The Kier molecular flexibility index (Phi) is 3.14. The standard InChI is InChI=1S/C13H10F3NO/c1-7-2-3-9(14)12(4-7)18-13-10(15)5-8(17)6-11(13)16/h2-6H,17H2,1H3. The maximum atomic E-state index is 13.5. The molecule has 0 aliphatic rings. The quantitative estimate of drug-likeness (QED) is 0.826. The van der Waals surface area contributed by atoms with E-state index in [-0.39, 0.29) is 11.4 Å². The van der Waals surface area contributed by atoms with Crippen molar-refractivity contribution in [1.29, 1.82) is 0 Å². The molecule has 2 aromatic rings. The molecule has 0 heterocycles. The Balaban J connectivity index is 2.43. The van der Waals surface area contributed by atoms with Crippen molar-refractivity contribution in [3.63, 3.8) is 0 Å². The smallest absolute Gasteiger partial charge is 0.198 e. The number of anilines is 1. The van der Waals surface area contributed by atoms with Crippen LogP contribution in [-0.4, -0.2) is 0 Å². The number of ether oxygens (including phenoxy) is 1. The summed E-state index contributed by atoms with van der Waals surface area (Å²) in [5, 5.41) is 0. The van der Waals surface area contributed by atoms with E-state index >= 15 is 0 Å². The summed E-state index contributed by atoms with van der Waals surface area (Å²) >= 11 is 0. The number of aryl methyl sites for hydroxylation is 1. The topological polar surface area (TPSA) is 35.2 Å². The monoisotopic (exact) mass is 253 g/mol. The molecular formula is C13H10F3NO.